The van der Waals surface area contributed by atoms with Gasteiger partial charge in [0.15, 0.2) is 5.82 Å². The average Bonchev–Trinajstić information content (AvgIpc) is 2.85. The first kappa shape index (κ1) is 10.6. The summed E-state index contributed by atoms with van der Waals surface area (Å²) in [6, 6.07) is 0. The Bertz CT molecular complexity index is 312. The first-order valence-corrected chi connectivity index (χ1v) is 5.93. The van der Waals surface area contributed by atoms with Crippen LogP contribution in [0, 0.1) is 0 Å². The van der Waals surface area contributed by atoms with E-state index in [2.05, 4.69) is 34.3 Å². The number of hydrogen-bond acceptors (Lipinski definition) is 3. The maximum absolute atomic E-state index is 4.59. The molecule has 1 aliphatic rings. The van der Waals surface area contributed by atoms with Crippen LogP contribution in [0.5, 0.6) is 0 Å². The number of nitrogens with zero attached hydrogens (tertiary/aromatic N) is 2. The molecule has 1 atom stereocenters. The molecule has 0 aliphatic carbocycles. The Balaban J connectivity index is 2.23. The van der Waals surface area contributed by atoms with Gasteiger partial charge in [-0.2, -0.15) is 5.10 Å². The fraction of sp³-hybridized carbons (Fsp3) is 0.818. The van der Waals surface area contributed by atoms with Crippen molar-refractivity contribution in [3.63, 3.8) is 0 Å². The number of nitrogens with one attached hydrogen (secondary N) is 2. The van der Waals surface area contributed by atoms with Crippen LogP contribution in [0.3, 0.4) is 0 Å². The SMILES string of the molecule is CCCC1(c2n[nH]c(CC)n2)CCNC1. The molecule has 0 spiro atoms. The lowest BCUT2D eigenvalue weighted by molar-refractivity contribution is 0.403. The summed E-state index contributed by atoms with van der Waals surface area (Å²) in [5.74, 6) is 2.03. The predicted octanol–water partition coefficient (Wildman–Crippen LogP) is 1.40. The molecular formula is C11H20N4. The number of aryl methyl sites for hydroxylation is 1. The monoisotopic (exact) mass is 208 g/mol. The molecule has 1 aliphatic heterocycles. The Hall–Kier alpha value is -0.900. The maximum Gasteiger partial charge on any atom is 0.158 e. The molecule has 1 aromatic rings. The van der Waals surface area contributed by atoms with E-state index in [1.165, 1.54) is 19.3 Å². The van der Waals surface area contributed by atoms with Crippen molar-refractivity contribution in [1.82, 2.24) is 20.5 Å². The minimum atomic E-state index is 0.193. The smallest absolute Gasteiger partial charge is 0.158 e. The molecule has 0 aromatic carbocycles. The summed E-state index contributed by atoms with van der Waals surface area (Å²) in [7, 11) is 0. The van der Waals surface area contributed by atoms with Crippen molar-refractivity contribution in [2.45, 2.75) is 44.9 Å². The number of rotatable bonds is 4. The summed E-state index contributed by atoms with van der Waals surface area (Å²) in [5.41, 5.74) is 0.193. The standard InChI is InChI=1S/C11H20N4/c1-3-5-11(6-7-12-8-11)10-13-9(4-2)14-15-10/h12H,3-8H2,1-2H3,(H,13,14,15). The Labute approximate surface area is 90.9 Å². The van der Waals surface area contributed by atoms with E-state index in [0.29, 0.717) is 0 Å². The van der Waals surface area contributed by atoms with Crippen molar-refractivity contribution in [1.29, 1.82) is 0 Å². The van der Waals surface area contributed by atoms with Crippen molar-refractivity contribution < 1.29 is 0 Å². The van der Waals surface area contributed by atoms with Crippen LogP contribution in [0.25, 0.3) is 0 Å². The Morgan fingerprint density at radius 2 is 2.27 bits per heavy atom. The summed E-state index contributed by atoms with van der Waals surface area (Å²) in [6.45, 7) is 6.45. The van der Waals surface area contributed by atoms with Gasteiger partial charge in [-0.1, -0.05) is 20.3 Å². The topological polar surface area (TPSA) is 53.6 Å². The number of aromatic nitrogens is 3. The summed E-state index contributed by atoms with van der Waals surface area (Å²) >= 11 is 0. The van der Waals surface area contributed by atoms with Gasteiger partial charge in [0.25, 0.3) is 0 Å². The minimum Gasteiger partial charge on any atom is -0.316 e. The Morgan fingerprint density at radius 3 is 2.80 bits per heavy atom. The third-order valence-electron chi connectivity index (χ3n) is 3.31. The zero-order valence-corrected chi connectivity index (χ0v) is 9.64. The average molecular weight is 208 g/mol. The molecule has 1 saturated heterocycles. The fourth-order valence-corrected chi connectivity index (χ4v) is 2.43. The van der Waals surface area contributed by atoms with Crippen LogP contribution in [-0.4, -0.2) is 28.3 Å². The Morgan fingerprint density at radius 1 is 1.40 bits per heavy atom. The predicted molar refractivity (Wildman–Crippen MR) is 59.8 cm³/mol. The third kappa shape index (κ3) is 1.91. The molecule has 1 unspecified atom stereocenters. The van der Waals surface area contributed by atoms with Crippen molar-refractivity contribution in [3.05, 3.63) is 11.6 Å². The number of H-pyrrole nitrogens is 1. The largest absolute Gasteiger partial charge is 0.316 e. The van der Waals surface area contributed by atoms with Gasteiger partial charge >= 0.3 is 0 Å². The summed E-state index contributed by atoms with van der Waals surface area (Å²) in [6.07, 6.45) is 4.48. The molecule has 4 nitrogen and oxygen atoms in total. The molecule has 1 fully saturated rings. The second-order valence-electron chi connectivity index (χ2n) is 4.42. The summed E-state index contributed by atoms with van der Waals surface area (Å²) in [5, 5.41) is 10.8. The molecular weight excluding hydrogens is 188 g/mol. The van der Waals surface area contributed by atoms with Crippen molar-refractivity contribution in [2.75, 3.05) is 13.1 Å². The third-order valence-corrected chi connectivity index (χ3v) is 3.31. The fourth-order valence-electron chi connectivity index (χ4n) is 2.43. The lowest BCUT2D eigenvalue weighted by Crippen LogP contribution is -2.30. The Kier molecular flexibility index (Phi) is 3.05. The van der Waals surface area contributed by atoms with Gasteiger partial charge in [0, 0.05) is 18.4 Å². The molecule has 0 amide bonds. The lowest BCUT2D eigenvalue weighted by atomic mass is 9.82. The highest BCUT2D eigenvalue weighted by molar-refractivity contribution is 5.12. The van der Waals surface area contributed by atoms with Crippen molar-refractivity contribution in [2.24, 2.45) is 0 Å². The van der Waals surface area contributed by atoms with E-state index in [9.17, 15) is 0 Å². The highest BCUT2D eigenvalue weighted by Gasteiger charge is 2.38. The van der Waals surface area contributed by atoms with Gasteiger partial charge in [0.1, 0.15) is 5.82 Å². The van der Waals surface area contributed by atoms with Crippen LogP contribution in [0.4, 0.5) is 0 Å². The van der Waals surface area contributed by atoms with Crippen molar-refractivity contribution >= 4 is 0 Å². The molecule has 1 aromatic heterocycles. The zero-order chi connectivity index (χ0) is 10.7. The van der Waals surface area contributed by atoms with Crippen LogP contribution >= 0.6 is 0 Å². The van der Waals surface area contributed by atoms with E-state index in [4.69, 9.17) is 0 Å². The summed E-state index contributed by atoms with van der Waals surface area (Å²) < 4.78 is 0. The van der Waals surface area contributed by atoms with Gasteiger partial charge in [-0.25, -0.2) is 4.98 Å². The molecule has 0 bridgehead atoms. The van der Waals surface area contributed by atoms with Gasteiger partial charge in [0.2, 0.25) is 0 Å². The van der Waals surface area contributed by atoms with Gasteiger partial charge in [0.05, 0.1) is 0 Å². The van der Waals surface area contributed by atoms with Crippen LogP contribution in [0.1, 0.15) is 44.8 Å². The molecule has 0 saturated carbocycles. The zero-order valence-electron chi connectivity index (χ0n) is 9.64. The van der Waals surface area contributed by atoms with E-state index in [1.807, 2.05) is 0 Å². The van der Waals surface area contributed by atoms with Gasteiger partial charge in [-0.15, -0.1) is 0 Å². The minimum absolute atomic E-state index is 0.193. The van der Waals surface area contributed by atoms with E-state index >= 15 is 0 Å². The van der Waals surface area contributed by atoms with Crippen LogP contribution in [0.15, 0.2) is 0 Å². The quantitative estimate of drug-likeness (QED) is 0.786. The normalized spacial score (nSPS) is 26.0. The first-order valence-electron chi connectivity index (χ1n) is 5.93. The van der Waals surface area contributed by atoms with E-state index in [1.54, 1.807) is 0 Å². The van der Waals surface area contributed by atoms with E-state index < -0.39 is 0 Å². The van der Waals surface area contributed by atoms with Crippen LogP contribution in [0.2, 0.25) is 0 Å². The molecule has 2 heterocycles. The van der Waals surface area contributed by atoms with Gasteiger partial charge in [-0.3, -0.25) is 5.10 Å². The molecule has 84 valence electrons. The molecule has 2 rings (SSSR count). The van der Waals surface area contributed by atoms with Crippen LogP contribution < -0.4 is 5.32 Å². The van der Waals surface area contributed by atoms with Crippen LogP contribution in [-0.2, 0) is 11.8 Å². The molecule has 0 radical (unpaired) electrons. The molecule has 2 N–H and O–H groups in total. The molecule has 15 heavy (non-hydrogen) atoms. The van der Waals surface area contributed by atoms with E-state index in [-0.39, 0.29) is 5.41 Å². The van der Waals surface area contributed by atoms with Crippen molar-refractivity contribution in [3.8, 4) is 0 Å². The highest BCUT2D eigenvalue weighted by atomic mass is 15.2. The van der Waals surface area contributed by atoms with E-state index in [0.717, 1.165) is 31.2 Å². The second-order valence-corrected chi connectivity index (χ2v) is 4.42. The van der Waals surface area contributed by atoms with Gasteiger partial charge in [-0.05, 0) is 19.4 Å². The second kappa shape index (κ2) is 4.31. The first-order chi connectivity index (χ1) is 7.30. The molecule has 4 heteroatoms. The lowest BCUT2D eigenvalue weighted by Gasteiger charge is -2.23. The number of aromatic amines is 1. The summed E-state index contributed by atoms with van der Waals surface area (Å²) in [4.78, 5) is 4.59. The number of hydrogen-bond donors (Lipinski definition) is 2. The maximum atomic E-state index is 4.59. The van der Waals surface area contributed by atoms with Gasteiger partial charge < -0.3 is 5.32 Å². The highest BCUT2D eigenvalue weighted by Crippen LogP contribution is 2.32.